The molecule has 0 aliphatic heterocycles. The molecule has 1 aromatic heterocycles. The Morgan fingerprint density at radius 2 is 1.37 bits per heavy atom. The Kier molecular flexibility index (Phi) is 5.35. The zero-order chi connectivity index (χ0) is 21.1. The van der Waals surface area contributed by atoms with Gasteiger partial charge in [-0.25, -0.2) is 13.1 Å². The van der Waals surface area contributed by atoms with Gasteiger partial charge in [0.05, 0.1) is 22.0 Å². The van der Waals surface area contributed by atoms with Crippen molar-refractivity contribution in [3.05, 3.63) is 111 Å². The van der Waals surface area contributed by atoms with Gasteiger partial charge in [-0.2, -0.15) is 0 Å². The molecule has 1 atom stereocenters. The van der Waals surface area contributed by atoms with Gasteiger partial charge in [0, 0.05) is 0 Å². The molecule has 0 fully saturated rings. The molecule has 1 unspecified atom stereocenters. The van der Waals surface area contributed by atoms with E-state index in [4.69, 9.17) is 0 Å². The number of nitrogens with one attached hydrogen (secondary N) is 3. The van der Waals surface area contributed by atoms with E-state index in [1.54, 1.807) is 0 Å². The monoisotopic (exact) mass is 421 g/mol. The summed E-state index contributed by atoms with van der Waals surface area (Å²) >= 11 is 0. The van der Waals surface area contributed by atoms with Crippen molar-refractivity contribution in [3.63, 3.8) is 0 Å². The number of sulfonamides is 1. The van der Waals surface area contributed by atoms with E-state index in [1.807, 2.05) is 60.7 Å². The first-order chi connectivity index (χ1) is 14.4. The van der Waals surface area contributed by atoms with Gasteiger partial charge in [0.2, 0.25) is 10.0 Å². The lowest BCUT2D eigenvalue weighted by Crippen LogP contribution is -2.31. The lowest BCUT2D eigenvalue weighted by Gasteiger charge is -2.20. The highest BCUT2D eigenvalue weighted by atomic mass is 32.2. The molecule has 30 heavy (non-hydrogen) atoms. The molecular formula is C22H19N3O4S. The Morgan fingerprint density at radius 1 is 0.767 bits per heavy atom. The first-order valence-electron chi connectivity index (χ1n) is 9.30. The molecule has 0 amide bonds. The minimum Gasteiger partial charge on any atom is -0.316 e. The molecule has 7 nitrogen and oxygen atoms in total. The van der Waals surface area contributed by atoms with Crippen LogP contribution in [0.1, 0.15) is 17.2 Å². The van der Waals surface area contributed by atoms with E-state index in [-0.39, 0.29) is 10.4 Å². The summed E-state index contributed by atoms with van der Waals surface area (Å²) in [6.07, 6.45) is 0.474. The highest BCUT2D eigenvalue weighted by Gasteiger charge is 2.22. The lowest BCUT2D eigenvalue weighted by atomic mass is 10.00. The molecule has 0 aliphatic carbocycles. The van der Waals surface area contributed by atoms with Crippen molar-refractivity contribution in [1.82, 2.24) is 14.7 Å². The predicted molar refractivity (Wildman–Crippen MR) is 115 cm³/mol. The molecule has 0 bridgehead atoms. The van der Waals surface area contributed by atoms with Crippen molar-refractivity contribution < 1.29 is 8.42 Å². The van der Waals surface area contributed by atoms with E-state index >= 15 is 0 Å². The second kappa shape index (κ2) is 8.10. The summed E-state index contributed by atoms with van der Waals surface area (Å²) in [5.41, 5.74) is 0.793. The Bertz CT molecular complexity index is 1400. The molecule has 0 spiro atoms. The van der Waals surface area contributed by atoms with Crippen LogP contribution in [-0.2, 0) is 16.4 Å². The number of fused-ring (bicyclic) bond motifs is 1. The number of hydrogen-bond donors (Lipinski definition) is 3. The zero-order valence-electron chi connectivity index (χ0n) is 15.8. The van der Waals surface area contributed by atoms with Crippen LogP contribution in [0, 0.1) is 0 Å². The summed E-state index contributed by atoms with van der Waals surface area (Å²) in [5, 5.41) is 0. The van der Waals surface area contributed by atoms with Gasteiger partial charge >= 0.3 is 11.1 Å². The lowest BCUT2D eigenvalue weighted by molar-refractivity contribution is 0.555. The van der Waals surface area contributed by atoms with Crippen molar-refractivity contribution in [3.8, 4) is 0 Å². The molecule has 0 aliphatic rings. The first kappa shape index (κ1) is 19.8. The number of rotatable bonds is 6. The third-order valence-electron chi connectivity index (χ3n) is 4.79. The van der Waals surface area contributed by atoms with Crippen LogP contribution in [0.2, 0.25) is 0 Å². The van der Waals surface area contributed by atoms with Gasteiger partial charge in [0.1, 0.15) is 0 Å². The van der Waals surface area contributed by atoms with Crippen molar-refractivity contribution in [2.24, 2.45) is 0 Å². The quantitative estimate of drug-likeness (QED) is 0.415. The van der Waals surface area contributed by atoms with Crippen LogP contribution < -0.4 is 15.8 Å². The van der Waals surface area contributed by atoms with Crippen molar-refractivity contribution in [2.45, 2.75) is 17.4 Å². The third-order valence-corrected chi connectivity index (χ3v) is 6.26. The molecule has 4 aromatic rings. The molecule has 152 valence electrons. The zero-order valence-corrected chi connectivity index (χ0v) is 16.6. The molecule has 0 saturated heterocycles. The van der Waals surface area contributed by atoms with Crippen LogP contribution in [0.5, 0.6) is 0 Å². The SMILES string of the molecule is O=c1[nH]c2ccc(S(=O)(=O)NC(Cc3ccccc3)c3ccccc3)cc2[nH]c1=O. The van der Waals surface area contributed by atoms with Gasteiger partial charge < -0.3 is 9.97 Å². The van der Waals surface area contributed by atoms with Gasteiger partial charge in [-0.3, -0.25) is 9.59 Å². The summed E-state index contributed by atoms with van der Waals surface area (Å²) < 4.78 is 29.0. The summed E-state index contributed by atoms with van der Waals surface area (Å²) in [5.74, 6) is 0. The Morgan fingerprint density at radius 3 is 2.03 bits per heavy atom. The van der Waals surface area contributed by atoms with Crippen LogP contribution in [0.4, 0.5) is 0 Å². The summed E-state index contributed by atoms with van der Waals surface area (Å²) in [6, 6.07) is 22.7. The van der Waals surface area contributed by atoms with Gasteiger partial charge in [0.15, 0.2) is 0 Å². The van der Waals surface area contributed by atoms with Crippen LogP contribution >= 0.6 is 0 Å². The van der Waals surface area contributed by atoms with Crippen molar-refractivity contribution in [2.75, 3.05) is 0 Å². The van der Waals surface area contributed by atoms with Crippen molar-refractivity contribution >= 4 is 21.1 Å². The molecule has 0 saturated carbocycles. The molecule has 8 heteroatoms. The van der Waals surface area contributed by atoms with Crippen LogP contribution in [-0.4, -0.2) is 18.4 Å². The molecule has 0 radical (unpaired) electrons. The second-order valence-electron chi connectivity index (χ2n) is 6.89. The topological polar surface area (TPSA) is 112 Å². The minimum absolute atomic E-state index is 0.00769. The van der Waals surface area contributed by atoms with E-state index in [0.29, 0.717) is 11.9 Å². The number of aromatic nitrogens is 2. The number of aromatic amines is 2. The Balaban J connectivity index is 1.71. The van der Waals surface area contributed by atoms with Gasteiger partial charge in [-0.05, 0) is 35.7 Å². The number of benzene rings is 3. The van der Waals surface area contributed by atoms with Crippen LogP contribution in [0.25, 0.3) is 11.0 Å². The number of H-pyrrole nitrogens is 2. The van der Waals surface area contributed by atoms with E-state index in [9.17, 15) is 18.0 Å². The fraction of sp³-hybridized carbons (Fsp3) is 0.0909. The number of hydrogen-bond acceptors (Lipinski definition) is 4. The first-order valence-corrected chi connectivity index (χ1v) is 10.8. The summed E-state index contributed by atoms with van der Waals surface area (Å²) in [4.78, 5) is 27.9. The standard InChI is InChI=1S/C22H19N3O4S/c26-21-22(27)24-20-14-17(11-12-18(20)23-21)30(28,29)25-19(16-9-5-2-6-10-16)13-15-7-3-1-4-8-15/h1-12,14,19,25H,13H2,(H,23,26)(H,24,27). The fourth-order valence-corrected chi connectivity index (χ4v) is 4.53. The van der Waals surface area contributed by atoms with Crippen LogP contribution in [0.3, 0.4) is 0 Å². The molecular weight excluding hydrogens is 402 g/mol. The third kappa shape index (κ3) is 4.24. The molecule has 4 rings (SSSR count). The largest absolute Gasteiger partial charge is 0.316 e. The van der Waals surface area contributed by atoms with Crippen LogP contribution in [0.15, 0.2) is 93.3 Å². The van der Waals surface area contributed by atoms with E-state index < -0.39 is 27.2 Å². The second-order valence-corrected chi connectivity index (χ2v) is 8.60. The van der Waals surface area contributed by atoms with Gasteiger partial charge in [-0.1, -0.05) is 60.7 Å². The van der Waals surface area contributed by atoms with E-state index in [2.05, 4.69) is 14.7 Å². The Labute approximate surface area is 172 Å². The van der Waals surface area contributed by atoms with Gasteiger partial charge in [-0.15, -0.1) is 0 Å². The fourth-order valence-electron chi connectivity index (χ4n) is 3.28. The molecule has 1 heterocycles. The smallest absolute Gasteiger partial charge is 0.314 e. The van der Waals surface area contributed by atoms with Crippen molar-refractivity contribution in [1.29, 1.82) is 0 Å². The summed E-state index contributed by atoms with van der Waals surface area (Å²) in [6.45, 7) is 0. The maximum absolute atomic E-state index is 13.1. The predicted octanol–water partition coefficient (Wildman–Crippen LogP) is 2.48. The maximum Gasteiger partial charge on any atom is 0.314 e. The van der Waals surface area contributed by atoms with Gasteiger partial charge in [0.25, 0.3) is 0 Å². The van der Waals surface area contributed by atoms with E-state index in [1.165, 1.54) is 18.2 Å². The molecule has 3 aromatic carbocycles. The van der Waals surface area contributed by atoms with E-state index in [0.717, 1.165) is 11.1 Å². The average molecular weight is 421 g/mol. The maximum atomic E-state index is 13.1. The summed E-state index contributed by atoms with van der Waals surface area (Å²) in [7, 11) is -3.91. The molecule has 3 N–H and O–H groups in total. The normalized spacial score (nSPS) is 12.7. The highest BCUT2D eigenvalue weighted by molar-refractivity contribution is 7.89. The minimum atomic E-state index is -3.91. The highest BCUT2D eigenvalue weighted by Crippen LogP contribution is 2.22. The average Bonchev–Trinajstić information content (AvgIpc) is 2.75. The Hall–Kier alpha value is -3.49.